The third-order valence-corrected chi connectivity index (χ3v) is 5.25. The topological polar surface area (TPSA) is 67.5 Å². The average molecular weight is 474 g/mol. The van der Waals surface area contributed by atoms with E-state index in [-0.39, 0.29) is 6.04 Å². The molecule has 0 bridgehead atoms. The Labute approximate surface area is 164 Å². The molecule has 0 spiro atoms. The van der Waals surface area contributed by atoms with Crippen molar-refractivity contribution < 1.29 is 18.6 Å². The van der Waals surface area contributed by atoms with Crippen molar-refractivity contribution in [3.05, 3.63) is 62.7 Å². The number of benzene rings is 2. The predicted molar refractivity (Wildman–Crippen MR) is 104 cm³/mol. The van der Waals surface area contributed by atoms with E-state index in [0.29, 0.717) is 18.6 Å². The fraction of sp³-hybridized carbons (Fsp3) is 0.368. The number of nitrogens with one attached hydrogen (secondary N) is 1. The highest BCUT2D eigenvalue weighted by atomic mass is 127. The zero-order chi connectivity index (χ0) is 18.8. The van der Waals surface area contributed by atoms with Gasteiger partial charge in [-0.1, -0.05) is 0 Å². The summed E-state index contributed by atoms with van der Waals surface area (Å²) in [5.74, 6) is -0.568. The maximum absolute atomic E-state index is 13.7. The Bertz CT molecular complexity index is 768. The Kier molecular flexibility index (Phi) is 6.11. The number of halogens is 3. The minimum absolute atomic E-state index is 0.102. The predicted octanol–water partition coefficient (Wildman–Crippen LogP) is 3.43. The zero-order valence-electron chi connectivity index (χ0n) is 14.3. The molecule has 3 rings (SSSR count). The lowest BCUT2D eigenvalue weighted by Gasteiger charge is -2.34. The molecule has 0 saturated heterocycles. The van der Waals surface area contributed by atoms with Crippen molar-refractivity contribution >= 4 is 22.6 Å². The quantitative estimate of drug-likeness (QED) is 0.582. The highest BCUT2D eigenvalue weighted by Crippen LogP contribution is 2.35. The van der Waals surface area contributed by atoms with Gasteiger partial charge in [0, 0.05) is 33.7 Å². The second kappa shape index (κ2) is 8.16. The third-order valence-electron chi connectivity index (χ3n) is 4.58. The summed E-state index contributed by atoms with van der Waals surface area (Å²) in [5.41, 5.74) is 7.51. The standard InChI is InChI=1S/C19H21F2IN2O2/c1-10(25)18(23)19(11-6-12(20)8-13(21)7-11)24-16-4-5-26-17-3-2-14(22)9-15(16)17/h2-3,6-10,16,18-19,24-25H,4-5,23H2,1H3/t10-,16+,18-,19?/m1/s1. The van der Waals surface area contributed by atoms with Crippen LogP contribution < -0.4 is 15.8 Å². The van der Waals surface area contributed by atoms with Gasteiger partial charge in [-0.3, -0.25) is 0 Å². The fourth-order valence-corrected chi connectivity index (χ4v) is 3.73. The van der Waals surface area contributed by atoms with Crippen LogP contribution in [0.3, 0.4) is 0 Å². The van der Waals surface area contributed by atoms with Gasteiger partial charge in [0.15, 0.2) is 0 Å². The molecule has 1 heterocycles. The molecule has 0 aromatic heterocycles. The van der Waals surface area contributed by atoms with Crippen LogP contribution in [0.1, 0.15) is 36.6 Å². The molecule has 26 heavy (non-hydrogen) atoms. The number of hydrogen-bond donors (Lipinski definition) is 3. The van der Waals surface area contributed by atoms with Gasteiger partial charge in [-0.2, -0.15) is 0 Å². The van der Waals surface area contributed by atoms with E-state index in [1.807, 2.05) is 18.2 Å². The van der Waals surface area contributed by atoms with Gasteiger partial charge in [0.05, 0.1) is 18.8 Å². The van der Waals surface area contributed by atoms with Crippen LogP contribution in [-0.2, 0) is 0 Å². The summed E-state index contributed by atoms with van der Waals surface area (Å²) in [5, 5.41) is 13.4. The molecule has 140 valence electrons. The van der Waals surface area contributed by atoms with Crippen LogP contribution in [0.5, 0.6) is 5.75 Å². The molecule has 0 amide bonds. The first kappa shape index (κ1) is 19.5. The molecule has 1 unspecified atom stereocenters. The molecule has 7 heteroatoms. The second-order valence-corrected chi connectivity index (χ2v) is 7.78. The van der Waals surface area contributed by atoms with Crippen molar-refractivity contribution in [2.24, 2.45) is 5.73 Å². The molecule has 0 fully saturated rings. The number of aliphatic hydroxyl groups is 1. The van der Waals surface area contributed by atoms with Crippen LogP contribution in [-0.4, -0.2) is 23.9 Å². The van der Waals surface area contributed by atoms with E-state index in [0.717, 1.165) is 20.9 Å². The number of nitrogens with two attached hydrogens (primary N) is 1. The average Bonchev–Trinajstić information content (AvgIpc) is 2.58. The lowest BCUT2D eigenvalue weighted by molar-refractivity contribution is 0.135. The molecule has 1 aliphatic heterocycles. The zero-order valence-corrected chi connectivity index (χ0v) is 16.4. The molecule has 4 nitrogen and oxygen atoms in total. The summed E-state index contributed by atoms with van der Waals surface area (Å²) < 4.78 is 34.2. The van der Waals surface area contributed by atoms with Crippen LogP contribution in [0.4, 0.5) is 8.78 Å². The number of ether oxygens (including phenoxy) is 1. The van der Waals surface area contributed by atoms with E-state index < -0.39 is 29.8 Å². The van der Waals surface area contributed by atoms with Crippen molar-refractivity contribution in [2.75, 3.05) is 6.61 Å². The summed E-state index contributed by atoms with van der Waals surface area (Å²) in [4.78, 5) is 0. The molecule has 4 N–H and O–H groups in total. The summed E-state index contributed by atoms with van der Waals surface area (Å²) >= 11 is 2.23. The van der Waals surface area contributed by atoms with Gasteiger partial charge in [0.2, 0.25) is 0 Å². The van der Waals surface area contributed by atoms with Crippen molar-refractivity contribution in [3.8, 4) is 5.75 Å². The minimum Gasteiger partial charge on any atom is -0.493 e. The van der Waals surface area contributed by atoms with Gasteiger partial charge in [0.25, 0.3) is 0 Å². The first-order valence-electron chi connectivity index (χ1n) is 8.43. The summed E-state index contributed by atoms with van der Waals surface area (Å²) in [6.45, 7) is 2.09. The van der Waals surface area contributed by atoms with Gasteiger partial charge in [0.1, 0.15) is 17.4 Å². The van der Waals surface area contributed by atoms with Crippen molar-refractivity contribution in [1.29, 1.82) is 0 Å². The number of fused-ring (bicyclic) bond motifs is 1. The van der Waals surface area contributed by atoms with Gasteiger partial charge >= 0.3 is 0 Å². The van der Waals surface area contributed by atoms with Gasteiger partial charge in [-0.25, -0.2) is 8.78 Å². The van der Waals surface area contributed by atoms with E-state index >= 15 is 0 Å². The van der Waals surface area contributed by atoms with Crippen LogP contribution in [0, 0.1) is 15.2 Å². The normalized spacial score (nSPS) is 20.0. The molecular formula is C19H21F2IN2O2. The second-order valence-electron chi connectivity index (χ2n) is 6.54. The molecule has 0 radical (unpaired) electrons. The molecule has 2 aromatic rings. The van der Waals surface area contributed by atoms with E-state index in [1.165, 1.54) is 12.1 Å². The maximum Gasteiger partial charge on any atom is 0.126 e. The number of aliphatic hydroxyl groups excluding tert-OH is 1. The highest BCUT2D eigenvalue weighted by molar-refractivity contribution is 14.1. The Balaban J connectivity index is 1.96. The van der Waals surface area contributed by atoms with E-state index in [9.17, 15) is 13.9 Å². The Morgan fingerprint density at radius 3 is 2.58 bits per heavy atom. The van der Waals surface area contributed by atoms with E-state index in [4.69, 9.17) is 10.5 Å². The molecular weight excluding hydrogens is 453 g/mol. The van der Waals surface area contributed by atoms with Crippen LogP contribution in [0.2, 0.25) is 0 Å². The minimum atomic E-state index is -0.853. The van der Waals surface area contributed by atoms with Crippen molar-refractivity contribution in [3.63, 3.8) is 0 Å². The number of hydrogen-bond acceptors (Lipinski definition) is 4. The first-order chi connectivity index (χ1) is 12.3. The van der Waals surface area contributed by atoms with E-state index in [2.05, 4.69) is 27.9 Å². The summed E-state index contributed by atoms with van der Waals surface area (Å²) in [6, 6.07) is 7.76. The Morgan fingerprint density at radius 1 is 1.23 bits per heavy atom. The fourth-order valence-electron chi connectivity index (χ4n) is 3.22. The molecule has 0 aliphatic carbocycles. The van der Waals surface area contributed by atoms with Crippen LogP contribution in [0.25, 0.3) is 0 Å². The van der Waals surface area contributed by atoms with Crippen LogP contribution in [0.15, 0.2) is 36.4 Å². The lowest BCUT2D eigenvalue weighted by atomic mass is 9.92. The number of rotatable bonds is 5. The van der Waals surface area contributed by atoms with Crippen LogP contribution >= 0.6 is 22.6 Å². The van der Waals surface area contributed by atoms with Crippen molar-refractivity contribution in [1.82, 2.24) is 5.32 Å². The van der Waals surface area contributed by atoms with Gasteiger partial charge < -0.3 is 20.9 Å². The first-order valence-corrected chi connectivity index (χ1v) is 9.51. The summed E-state index contributed by atoms with van der Waals surface area (Å²) in [6.07, 6.45) is -0.164. The Morgan fingerprint density at radius 2 is 1.92 bits per heavy atom. The van der Waals surface area contributed by atoms with E-state index in [1.54, 1.807) is 6.92 Å². The SMILES string of the molecule is C[C@@H](O)[C@@H](N)C(N[C@H]1CCOc2ccc(I)cc21)c1cc(F)cc(F)c1. The maximum atomic E-state index is 13.7. The molecule has 4 atom stereocenters. The molecule has 0 saturated carbocycles. The largest absolute Gasteiger partial charge is 0.493 e. The van der Waals surface area contributed by atoms with Crippen molar-refractivity contribution in [2.45, 2.75) is 37.6 Å². The third kappa shape index (κ3) is 4.33. The molecule has 2 aromatic carbocycles. The monoisotopic (exact) mass is 474 g/mol. The Hall–Kier alpha value is -1.29. The lowest BCUT2D eigenvalue weighted by Crippen LogP contribution is -2.46. The van der Waals surface area contributed by atoms with Gasteiger partial charge in [-0.05, 0) is 65.4 Å². The van der Waals surface area contributed by atoms with Gasteiger partial charge in [-0.15, -0.1) is 0 Å². The smallest absolute Gasteiger partial charge is 0.126 e. The molecule has 1 aliphatic rings. The highest BCUT2D eigenvalue weighted by Gasteiger charge is 2.30. The summed E-state index contributed by atoms with van der Waals surface area (Å²) in [7, 11) is 0.